The monoisotopic (exact) mass is 387 g/mol. The largest absolute Gasteiger partial charge is 0.484 e. The van der Waals surface area contributed by atoms with Crippen LogP contribution in [0.3, 0.4) is 0 Å². The van der Waals surface area contributed by atoms with E-state index in [2.05, 4.69) is 15.3 Å². The minimum atomic E-state index is -0.339. The average Bonchev–Trinajstić information content (AvgIpc) is 3.17. The molecular formula is C20H26FN5O2. The molecule has 150 valence electrons. The van der Waals surface area contributed by atoms with Crippen LogP contribution >= 0.6 is 0 Å². The van der Waals surface area contributed by atoms with Crippen molar-refractivity contribution < 1.29 is 13.9 Å². The lowest BCUT2D eigenvalue weighted by Gasteiger charge is -2.25. The Kier molecular flexibility index (Phi) is 6.41. The van der Waals surface area contributed by atoms with Gasteiger partial charge < -0.3 is 19.9 Å². The van der Waals surface area contributed by atoms with Crippen LogP contribution in [-0.4, -0.2) is 55.1 Å². The van der Waals surface area contributed by atoms with Gasteiger partial charge in [-0.1, -0.05) is 0 Å². The van der Waals surface area contributed by atoms with Gasteiger partial charge in [-0.2, -0.15) is 0 Å². The van der Waals surface area contributed by atoms with E-state index in [9.17, 15) is 9.18 Å². The highest BCUT2D eigenvalue weighted by Gasteiger charge is 2.32. The lowest BCUT2D eigenvalue weighted by atomic mass is 10.2. The lowest BCUT2D eigenvalue weighted by Crippen LogP contribution is -2.35. The molecule has 3 rings (SSSR count). The van der Waals surface area contributed by atoms with Crippen LogP contribution in [0.2, 0.25) is 0 Å². The van der Waals surface area contributed by atoms with Crippen LogP contribution in [0.25, 0.3) is 0 Å². The summed E-state index contributed by atoms with van der Waals surface area (Å²) in [7, 11) is 5.74. The summed E-state index contributed by atoms with van der Waals surface area (Å²) in [5, 5.41) is 3.11. The molecule has 1 saturated heterocycles. The maximum absolute atomic E-state index is 13.0. The number of halogens is 1. The van der Waals surface area contributed by atoms with Crippen molar-refractivity contribution >= 4 is 11.7 Å². The summed E-state index contributed by atoms with van der Waals surface area (Å²) in [4.78, 5) is 25.8. The first-order valence-electron chi connectivity index (χ1n) is 9.35. The second-order valence-electron chi connectivity index (χ2n) is 6.99. The third-order valence-electron chi connectivity index (χ3n) is 4.65. The van der Waals surface area contributed by atoms with Gasteiger partial charge in [-0.3, -0.25) is 4.79 Å². The van der Waals surface area contributed by atoms with Gasteiger partial charge in [0.15, 0.2) is 12.4 Å². The highest BCUT2D eigenvalue weighted by molar-refractivity contribution is 5.78. The van der Waals surface area contributed by atoms with Gasteiger partial charge in [-0.05, 0) is 44.2 Å². The first-order chi connectivity index (χ1) is 13.5. The number of amides is 1. The van der Waals surface area contributed by atoms with Crippen LogP contribution < -0.4 is 15.0 Å². The zero-order valence-electron chi connectivity index (χ0n) is 16.5. The SMILES string of the molecule is CNCc1cc(N(C)C)nc([C@@H]2CCCN2C(=O)COc2ccc(F)cc2)n1. The fourth-order valence-electron chi connectivity index (χ4n) is 3.25. The first kappa shape index (κ1) is 20.0. The smallest absolute Gasteiger partial charge is 0.261 e. The summed E-state index contributed by atoms with van der Waals surface area (Å²) in [5.74, 6) is 1.48. The summed E-state index contributed by atoms with van der Waals surface area (Å²) in [5.41, 5.74) is 0.887. The van der Waals surface area contributed by atoms with Crippen molar-refractivity contribution in [2.45, 2.75) is 25.4 Å². The Hall–Kier alpha value is -2.74. The van der Waals surface area contributed by atoms with Crippen molar-refractivity contribution in [2.75, 3.05) is 39.2 Å². The summed E-state index contributed by atoms with van der Waals surface area (Å²) < 4.78 is 18.5. The molecule has 1 amide bonds. The zero-order valence-corrected chi connectivity index (χ0v) is 16.5. The molecule has 1 aliphatic rings. The van der Waals surface area contributed by atoms with Crippen LogP contribution in [0.1, 0.15) is 30.4 Å². The summed E-state index contributed by atoms with van der Waals surface area (Å²) in [6, 6.07) is 7.42. The Bertz CT molecular complexity index is 813. The van der Waals surface area contributed by atoms with Gasteiger partial charge in [0, 0.05) is 33.3 Å². The molecule has 0 radical (unpaired) electrons. The molecule has 8 heteroatoms. The fraction of sp³-hybridized carbons (Fsp3) is 0.450. The zero-order chi connectivity index (χ0) is 20.1. The molecule has 1 aromatic heterocycles. The highest BCUT2D eigenvalue weighted by atomic mass is 19.1. The summed E-state index contributed by atoms with van der Waals surface area (Å²) >= 11 is 0. The maximum atomic E-state index is 13.0. The molecule has 1 aliphatic heterocycles. The molecule has 2 aromatic rings. The van der Waals surface area contributed by atoms with Crippen molar-refractivity contribution in [2.24, 2.45) is 0 Å². The summed E-state index contributed by atoms with van der Waals surface area (Å²) in [6.07, 6.45) is 1.71. The van der Waals surface area contributed by atoms with Crippen LogP contribution in [-0.2, 0) is 11.3 Å². The van der Waals surface area contributed by atoms with Crippen molar-refractivity contribution in [1.82, 2.24) is 20.2 Å². The molecule has 1 atom stereocenters. The number of likely N-dealkylation sites (tertiary alicyclic amines) is 1. The molecular weight excluding hydrogens is 361 g/mol. The van der Waals surface area contributed by atoms with Crippen molar-refractivity contribution in [3.63, 3.8) is 0 Å². The standard InChI is InChI=1S/C20H26FN5O2/c1-22-12-15-11-18(25(2)3)24-20(23-15)17-5-4-10-26(17)19(27)13-28-16-8-6-14(21)7-9-16/h6-9,11,17,22H,4-5,10,12-13H2,1-3H3/t17-/m0/s1. The Morgan fingerprint density at radius 2 is 2.07 bits per heavy atom. The van der Waals surface area contributed by atoms with Crippen LogP contribution in [0.5, 0.6) is 5.75 Å². The normalized spacial score (nSPS) is 16.3. The number of hydrogen-bond acceptors (Lipinski definition) is 6. The van der Waals surface area contributed by atoms with E-state index in [1.807, 2.05) is 32.1 Å². The number of ether oxygens (including phenoxy) is 1. The van der Waals surface area contributed by atoms with E-state index in [1.54, 1.807) is 4.90 Å². The molecule has 7 nitrogen and oxygen atoms in total. The number of carbonyl (C=O) groups is 1. The maximum Gasteiger partial charge on any atom is 0.261 e. The van der Waals surface area contributed by atoms with E-state index in [1.165, 1.54) is 24.3 Å². The van der Waals surface area contributed by atoms with Gasteiger partial charge in [0.25, 0.3) is 5.91 Å². The van der Waals surface area contributed by atoms with Gasteiger partial charge in [-0.25, -0.2) is 14.4 Å². The molecule has 0 spiro atoms. The number of rotatable bonds is 7. The van der Waals surface area contributed by atoms with Crippen LogP contribution in [0.4, 0.5) is 10.2 Å². The van der Waals surface area contributed by atoms with Gasteiger partial charge in [0.2, 0.25) is 0 Å². The molecule has 0 unspecified atom stereocenters. The van der Waals surface area contributed by atoms with E-state index < -0.39 is 0 Å². The predicted molar refractivity (Wildman–Crippen MR) is 105 cm³/mol. The second-order valence-corrected chi connectivity index (χ2v) is 6.99. The molecule has 2 heterocycles. The Morgan fingerprint density at radius 1 is 1.32 bits per heavy atom. The van der Waals surface area contributed by atoms with Gasteiger partial charge in [0.1, 0.15) is 17.4 Å². The Morgan fingerprint density at radius 3 is 2.75 bits per heavy atom. The van der Waals surface area contributed by atoms with Crippen molar-refractivity contribution in [3.8, 4) is 5.75 Å². The quantitative estimate of drug-likeness (QED) is 0.785. The number of aromatic nitrogens is 2. The number of nitrogens with one attached hydrogen (secondary N) is 1. The Balaban J connectivity index is 1.74. The van der Waals surface area contributed by atoms with E-state index in [0.717, 1.165) is 24.4 Å². The van der Waals surface area contributed by atoms with Gasteiger partial charge in [0.05, 0.1) is 11.7 Å². The Labute approximate surface area is 164 Å². The molecule has 1 aromatic carbocycles. The lowest BCUT2D eigenvalue weighted by molar-refractivity contribution is -0.134. The number of nitrogens with zero attached hydrogens (tertiary/aromatic N) is 4. The third kappa shape index (κ3) is 4.75. The van der Waals surface area contributed by atoms with E-state index in [-0.39, 0.29) is 24.4 Å². The molecule has 1 N–H and O–H groups in total. The third-order valence-corrected chi connectivity index (χ3v) is 4.65. The van der Waals surface area contributed by atoms with E-state index in [4.69, 9.17) is 4.74 Å². The fourth-order valence-corrected chi connectivity index (χ4v) is 3.25. The number of anilines is 1. The minimum absolute atomic E-state index is 0.0983. The van der Waals surface area contributed by atoms with E-state index >= 15 is 0 Å². The van der Waals surface area contributed by atoms with Gasteiger partial charge >= 0.3 is 0 Å². The number of carbonyl (C=O) groups excluding carboxylic acids is 1. The first-order valence-corrected chi connectivity index (χ1v) is 9.35. The topological polar surface area (TPSA) is 70.6 Å². The molecule has 0 aliphatic carbocycles. The number of hydrogen-bond donors (Lipinski definition) is 1. The van der Waals surface area contributed by atoms with Gasteiger partial charge in [-0.15, -0.1) is 0 Å². The van der Waals surface area contributed by atoms with E-state index in [0.29, 0.717) is 24.7 Å². The van der Waals surface area contributed by atoms with Crippen LogP contribution in [0.15, 0.2) is 30.3 Å². The predicted octanol–water partition coefficient (Wildman–Crippen LogP) is 2.14. The number of benzene rings is 1. The van der Waals surface area contributed by atoms with Crippen LogP contribution in [0, 0.1) is 5.82 Å². The van der Waals surface area contributed by atoms with Crippen molar-refractivity contribution in [3.05, 3.63) is 47.7 Å². The minimum Gasteiger partial charge on any atom is -0.484 e. The summed E-state index contributed by atoms with van der Waals surface area (Å²) in [6.45, 7) is 1.18. The van der Waals surface area contributed by atoms with Crippen molar-refractivity contribution in [1.29, 1.82) is 0 Å². The molecule has 0 saturated carbocycles. The highest BCUT2D eigenvalue weighted by Crippen LogP contribution is 2.31. The second kappa shape index (κ2) is 8.97. The molecule has 0 bridgehead atoms. The average molecular weight is 387 g/mol. The molecule has 1 fully saturated rings. The molecule has 28 heavy (non-hydrogen) atoms.